The predicted molar refractivity (Wildman–Crippen MR) is 89.4 cm³/mol. The van der Waals surface area contributed by atoms with E-state index in [4.69, 9.17) is 14.2 Å². The number of nitrogens with one attached hydrogen (secondary N) is 1. The number of carbonyl (C=O) groups excluding carboxylic acids is 1. The lowest BCUT2D eigenvalue weighted by Gasteiger charge is -2.21. The monoisotopic (exact) mass is 328 g/mol. The summed E-state index contributed by atoms with van der Waals surface area (Å²) >= 11 is 0. The van der Waals surface area contributed by atoms with E-state index in [0.29, 0.717) is 24.8 Å². The van der Waals surface area contributed by atoms with Crippen LogP contribution in [-0.2, 0) is 14.3 Å². The molecule has 1 amide bonds. The molecular formula is C18H20N2O4. The van der Waals surface area contributed by atoms with Crippen LogP contribution in [0.5, 0.6) is 11.6 Å². The maximum atomic E-state index is 12.0. The lowest BCUT2D eigenvalue weighted by Crippen LogP contribution is -2.39. The van der Waals surface area contributed by atoms with Crippen LogP contribution in [0.15, 0.2) is 36.5 Å². The highest BCUT2D eigenvalue weighted by Gasteiger charge is 2.22. The van der Waals surface area contributed by atoms with Gasteiger partial charge in [0.05, 0.1) is 31.7 Å². The predicted octanol–water partition coefficient (Wildman–Crippen LogP) is 2.84. The third-order valence-electron chi connectivity index (χ3n) is 3.81. The first-order valence-electron chi connectivity index (χ1n) is 7.83. The molecule has 0 spiro atoms. The van der Waals surface area contributed by atoms with Crippen molar-refractivity contribution in [2.24, 2.45) is 0 Å². The number of benzene rings is 1. The molecule has 1 N–H and O–H groups in total. The van der Waals surface area contributed by atoms with Crippen molar-refractivity contribution in [2.45, 2.75) is 20.0 Å². The number of anilines is 1. The molecule has 126 valence electrons. The zero-order chi connectivity index (χ0) is 16.9. The normalized spacial score (nSPS) is 17.3. The Kier molecular flexibility index (Phi) is 5.08. The van der Waals surface area contributed by atoms with Gasteiger partial charge in [-0.3, -0.25) is 4.79 Å². The van der Waals surface area contributed by atoms with E-state index in [0.717, 1.165) is 11.3 Å². The van der Waals surface area contributed by atoms with E-state index in [2.05, 4.69) is 17.2 Å². The maximum Gasteiger partial charge on any atom is 0.255 e. The van der Waals surface area contributed by atoms with E-state index in [-0.39, 0.29) is 12.5 Å². The minimum Gasteiger partial charge on any atom is -0.439 e. The minimum absolute atomic E-state index is 0.237. The Balaban J connectivity index is 1.60. The number of nitrogens with zero attached hydrogens (tertiary/aromatic N) is 1. The Morgan fingerprint density at radius 3 is 2.75 bits per heavy atom. The van der Waals surface area contributed by atoms with Gasteiger partial charge in [0, 0.05) is 6.07 Å². The van der Waals surface area contributed by atoms with Gasteiger partial charge in [0.15, 0.2) is 6.10 Å². The van der Waals surface area contributed by atoms with Crippen LogP contribution >= 0.6 is 0 Å². The van der Waals surface area contributed by atoms with Crippen LogP contribution in [0.2, 0.25) is 0 Å². The molecule has 24 heavy (non-hydrogen) atoms. The van der Waals surface area contributed by atoms with E-state index < -0.39 is 6.10 Å². The largest absolute Gasteiger partial charge is 0.439 e. The average molecular weight is 328 g/mol. The van der Waals surface area contributed by atoms with Crippen LogP contribution in [0.1, 0.15) is 11.1 Å². The number of ether oxygens (including phenoxy) is 3. The second-order valence-corrected chi connectivity index (χ2v) is 5.66. The van der Waals surface area contributed by atoms with Crippen molar-refractivity contribution in [1.29, 1.82) is 0 Å². The highest BCUT2D eigenvalue weighted by molar-refractivity contribution is 5.94. The molecule has 0 saturated carbocycles. The summed E-state index contributed by atoms with van der Waals surface area (Å²) in [6.45, 7) is 5.31. The van der Waals surface area contributed by atoms with Crippen molar-refractivity contribution in [3.63, 3.8) is 0 Å². The molecule has 2 heterocycles. The summed E-state index contributed by atoms with van der Waals surface area (Å²) < 4.78 is 16.3. The van der Waals surface area contributed by atoms with Crippen LogP contribution in [0, 0.1) is 13.8 Å². The van der Waals surface area contributed by atoms with E-state index in [9.17, 15) is 4.79 Å². The number of rotatable bonds is 4. The van der Waals surface area contributed by atoms with Crippen molar-refractivity contribution < 1.29 is 19.0 Å². The fraction of sp³-hybridized carbons (Fsp3) is 0.333. The Morgan fingerprint density at radius 2 is 2.08 bits per heavy atom. The molecule has 0 radical (unpaired) electrons. The topological polar surface area (TPSA) is 69.7 Å². The highest BCUT2D eigenvalue weighted by Crippen LogP contribution is 2.23. The van der Waals surface area contributed by atoms with Crippen LogP contribution in [0.25, 0.3) is 0 Å². The van der Waals surface area contributed by atoms with Gasteiger partial charge in [-0.15, -0.1) is 0 Å². The van der Waals surface area contributed by atoms with Crippen molar-refractivity contribution in [3.05, 3.63) is 47.7 Å². The summed E-state index contributed by atoms with van der Waals surface area (Å²) in [5.41, 5.74) is 2.95. The molecule has 1 aliphatic rings. The second kappa shape index (κ2) is 7.42. The van der Waals surface area contributed by atoms with Gasteiger partial charge < -0.3 is 19.5 Å². The molecular weight excluding hydrogens is 308 g/mol. The molecule has 6 nitrogen and oxygen atoms in total. The summed E-state index contributed by atoms with van der Waals surface area (Å²) in [5, 5.41) is 2.76. The highest BCUT2D eigenvalue weighted by atomic mass is 16.6. The zero-order valence-corrected chi connectivity index (χ0v) is 13.7. The lowest BCUT2D eigenvalue weighted by atomic mass is 10.1. The Hall–Kier alpha value is -2.44. The molecule has 1 saturated heterocycles. The second-order valence-electron chi connectivity index (χ2n) is 5.66. The average Bonchev–Trinajstić information content (AvgIpc) is 2.61. The van der Waals surface area contributed by atoms with Crippen molar-refractivity contribution in [3.8, 4) is 11.6 Å². The van der Waals surface area contributed by atoms with Gasteiger partial charge in [-0.1, -0.05) is 6.07 Å². The summed E-state index contributed by atoms with van der Waals surface area (Å²) in [6.07, 6.45) is 0.975. The molecule has 1 fully saturated rings. The first-order valence-corrected chi connectivity index (χ1v) is 7.83. The van der Waals surface area contributed by atoms with Gasteiger partial charge in [-0.2, -0.15) is 0 Å². The summed E-state index contributed by atoms with van der Waals surface area (Å²) in [5.74, 6) is 0.961. The standard InChI is InChI=1S/C18H20N2O4/c1-12-3-5-15(9-13(12)2)24-17-6-4-14(10-19-17)20-18(21)16-11-22-7-8-23-16/h3-6,9-10,16H,7-8,11H2,1-2H3,(H,20,21)/t16-/m1/s1. The quantitative estimate of drug-likeness (QED) is 0.934. The molecule has 1 aromatic carbocycles. The van der Waals surface area contributed by atoms with Gasteiger partial charge in [0.2, 0.25) is 5.88 Å². The number of hydrogen-bond donors (Lipinski definition) is 1. The Labute approximate surface area is 140 Å². The third kappa shape index (κ3) is 4.10. The smallest absolute Gasteiger partial charge is 0.255 e. The summed E-state index contributed by atoms with van der Waals surface area (Å²) in [4.78, 5) is 16.3. The number of aromatic nitrogens is 1. The van der Waals surface area contributed by atoms with Crippen LogP contribution in [-0.4, -0.2) is 36.8 Å². The van der Waals surface area contributed by atoms with Gasteiger partial charge in [-0.25, -0.2) is 4.98 Å². The number of hydrogen-bond acceptors (Lipinski definition) is 5. The van der Waals surface area contributed by atoms with E-state index in [1.165, 1.54) is 5.56 Å². The van der Waals surface area contributed by atoms with Crippen LogP contribution in [0.3, 0.4) is 0 Å². The number of carbonyl (C=O) groups is 1. The van der Waals surface area contributed by atoms with Crippen LogP contribution < -0.4 is 10.1 Å². The molecule has 0 unspecified atom stereocenters. The molecule has 0 bridgehead atoms. The first kappa shape index (κ1) is 16.4. The molecule has 6 heteroatoms. The molecule has 1 aromatic heterocycles. The van der Waals surface area contributed by atoms with Crippen molar-refractivity contribution in [2.75, 3.05) is 25.1 Å². The number of amides is 1. The van der Waals surface area contributed by atoms with E-state index in [1.807, 2.05) is 25.1 Å². The molecule has 3 rings (SSSR count). The fourth-order valence-electron chi connectivity index (χ4n) is 2.27. The molecule has 0 aliphatic carbocycles. The molecule has 2 aromatic rings. The minimum atomic E-state index is -0.579. The Bertz CT molecular complexity index is 709. The van der Waals surface area contributed by atoms with Gasteiger partial charge in [0.1, 0.15) is 5.75 Å². The zero-order valence-electron chi connectivity index (χ0n) is 13.7. The fourth-order valence-corrected chi connectivity index (χ4v) is 2.27. The van der Waals surface area contributed by atoms with E-state index >= 15 is 0 Å². The lowest BCUT2D eigenvalue weighted by molar-refractivity contribution is -0.142. The molecule has 1 atom stereocenters. The third-order valence-corrected chi connectivity index (χ3v) is 3.81. The van der Waals surface area contributed by atoms with E-state index in [1.54, 1.807) is 18.3 Å². The summed E-state index contributed by atoms with van der Waals surface area (Å²) in [7, 11) is 0. The number of pyridine rings is 1. The SMILES string of the molecule is Cc1ccc(Oc2ccc(NC(=O)[C@H]3COCCO3)cn2)cc1C. The van der Waals surface area contributed by atoms with Gasteiger partial charge in [0.25, 0.3) is 5.91 Å². The summed E-state index contributed by atoms with van der Waals surface area (Å²) in [6, 6.07) is 9.33. The van der Waals surface area contributed by atoms with Crippen LogP contribution in [0.4, 0.5) is 5.69 Å². The van der Waals surface area contributed by atoms with Gasteiger partial charge >= 0.3 is 0 Å². The molecule has 1 aliphatic heterocycles. The first-order chi connectivity index (χ1) is 11.6. The Morgan fingerprint density at radius 1 is 1.21 bits per heavy atom. The maximum absolute atomic E-state index is 12.0. The van der Waals surface area contributed by atoms with Crippen molar-refractivity contribution >= 4 is 11.6 Å². The van der Waals surface area contributed by atoms with Gasteiger partial charge in [-0.05, 0) is 43.2 Å². The van der Waals surface area contributed by atoms with Crippen molar-refractivity contribution in [1.82, 2.24) is 4.98 Å². The number of aryl methyl sites for hydroxylation is 2.